The number of rotatable bonds is 4. The summed E-state index contributed by atoms with van der Waals surface area (Å²) in [6, 6.07) is 9.36. The average molecular weight is 376 g/mol. The number of phenolic OH excluding ortho intramolecular Hbond substituents is 1. The summed E-state index contributed by atoms with van der Waals surface area (Å²) in [5.41, 5.74) is 3.66. The molecule has 4 rings (SSSR count). The Kier molecular flexibility index (Phi) is 4.43. The molecule has 0 saturated heterocycles. The minimum Gasteiger partial charge on any atom is -0.508 e. The first-order valence-electron chi connectivity index (χ1n) is 9.31. The fraction of sp³-hybridized carbons (Fsp3) is 0.273. The molecule has 0 fully saturated rings. The van der Waals surface area contributed by atoms with Crippen molar-refractivity contribution in [1.29, 1.82) is 0 Å². The molecule has 2 heterocycles. The molecule has 4 aromatic rings. The molecule has 0 aliphatic heterocycles. The van der Waals surface area contributed by atoms with Crippen LogP contribution in [0.4, 0.5) is 0 Å². The molecule has 1 amide bonds. The van der Waals surface area contributed by atoms with Crippen LogP contribution in [0.5, 0.6) is 5.75 Å². The number of hydrogen-bond acceptors (Lipinski definition) is 4. The van der Waals surface area contributed by atoms with Crippen LogP contribution in [-0.2, 0) is 7.05 Å². The Morgan fingerprint density at radius 3 is 2.68 bits per heavy atom. The number of likely N-dealkylation sites (N-methyl/N-ethyl adjacent to an activating group) is 1. The number of carbonyl (C=O) groups is 1. The molecule has 0 aliphatic rings. The van der Waals surface area contributed by atoms with Gasteiger partial charge >= 0.3 is 0 Å². The molecule has 0 saturated carbocycles. The first kappa shape index (κ1) is 18.3. The number of aryl methyl sites for hydroxylation is 2. The second kappa shape index (κ2) is 6.80. The summed E-state index contributed by atoms with van der Waals surface area (Å²) in [6.45, 7) is 3.40. The number of fused-ring (bicyclic) bond motifs is 4. The van der Waals surface area contributed by atoms with Crippen LogP contribution in [0.1, 0.15) is 16.1 Å². The van der Waals surface area contributed by atoms with Gasteiger partial charge in [0, 0.05) is 48.0 Å². The van der Waals surface area contributed by atoms with Crippen LogP contribution in [-0.4, -0.2) is 52.6 Å². The Bertz CT molecular complexity index is 1220. The van der Waals surface area contributed by atoms with Gasteiger partial charge in [-0.15, -0.1) is 0 Å². The summed E-state index contributed by atoms with van der Waals surface area (Å²) < 4.78 is 2.14. The molecule has 0 spiro atoms. The predicted molar refractivity (Wildman–Crippen MR) is 113 cm³/mol. The van der Waals surface area contributed by atoms with E-state index in [0.717, 1.165) is 44.7 Å². The van der Waals surface area contributed by atoms with Gasteiger partial charge in [0.25, 0.3) is 5.91 Å². The molecular formula is C22H24N4O2. The highest BCUT2D eigenvalue weighted by molar-refractivity contribution is 6.17. The quantitative estimate of drug-likeness (QED) is 0.574. The summed E-state index contributed by atoms with van der Waals surface area (Å²) >= 11 is 0. The third-order valence-corrected chi connectivity index (χ3v) is 5.32. The number of nitrogens with one attached hydrogen (secondary N) is 1. The lowest BCUT2D eigenvalue weighted by molar-refractivity contribution is 0.0948. The zero-order valence-electron chi connectivity index (χ0n) is 16.6. The number of pyridine rings is 1. The van der Waals surface area contributed by atoms with Crippen LogP contribution >= 0.6 is 0 Å². The number of carbonyl (C=O) groups excluding carboxylic acids is 1. The van der Waals surface area contributed by atoms with Crippen molar-refractivity contribution < 1.29 is 9.90 Å². The van der Waals surface area contributed by atoms with Crippen LogP contribution in [0.3, 0.4) is 0 Å². The number of amides is 1. The van der Waals surface area contributed by atoms with Gasteiger partial charge in [0.2, 0.25) is 0 Å². The van der Waals surface area contributed by atoms with Crippen molar-refractivity contribution >= 4 is 38.5 Å². The Hall–Kier alpha value is -3.12. The van der Waals surface area contributed by atoms with E-state index in [0.29, 0.717) is 12.2 Å². The van der Waals surface area contributed by atoms with Crippen LogP contribution in [0.15, 0.2) is 36.5 Å². The minimum atomic E-state index is -0.172. The van der Waals surface area contributed by atoms with E-state index in [1.54, 1.807) is 18.3 Å². The van der Waals surface area contributed by atoms with E-state index in [-0.39, 0.29) is 11.7 Å². The summed E-state index contributed by atoms with van der Waals surface area (Å²) in [6.07, 6.45) is 1.69. The maximum absolute atomic E-state index is 12.8. The van der Waals surface area contributed by atoms with Crippen molar-refractivity contribution in [3.63, 3.8) is 0 Å². The summed E-state index contributed by atoms with van der Waals surface area (Å²) in [4.78, 5) is 19.2. The Labute approximate surface area is 163 Å². The molecular weight excluding hydrogens is 352 g/mol. The number of benzene rings is 2. The largest absolute Gasteiger partial charge is 0.508 e. The number of nitrogens with zero attached hydrogens (tertiary/aromatic N) is 3. The number of aromatic nitrogens is 2. The van der Waals surface area contributed by atoms with E-state index in [9.17, 15) is 9.90 Å². The van der Waals surface area contributed by atoms with Gasteiger partial charge in [-0.3, -0.25) is 9.78 Å². The molecule has 2 aromatic carbocycles. The molecule has 2 N–H and O–H groups in total. The average Bonchev–Trinajstić information content (AvgIpc) is 2.93. The SMILES string of the molecule is Cc1c2ccnc(C(=O)NCCN(C)C)c2cc2c3cc(O)ccc3n(C)c12. The molecule has 2 aromatic heterocycles. The van der Waals surface area contributed by atoms with Crippen molar-refractivity contribution in [3.05, 3.63) is 47.8 Å². The lowest BCUT2D eigenvalue weighted by Crippen LogP contribution is -2.31. The Morgan fingerprint density at radius 2 is 1.93 bits per heavy atom. The Morgan fingerprint density at radius 1 is 1.14 bits per heavy atom. The molecule has 0 radical (unpaired) electrons. The van der Waals surface area contributed by atoms with Crippen molar-refractivity contribution in [1.82, 2.24) is 19.8 Å². The third-order valence-electron chi connectivity index (χ3n) is 5.32. The summed E-state index contributed by atoms with van der Waals surface area (Å²) in [7, 11) is 5.97. The molecule has 0 unspecified atom stereocenters. The fourth-order valence-electron chi connectivity index (χ4n) is 3.94. The lowest BCUT2D eigenvalue weighted by Gasteiger charge is -2.12. The van der Waals surface area contributed by atoms with Crippen LogP contribution < -0.4 is 5.32 Å². The van der Waals surface area contributed by atoms with Gasteiger partial charge in [0.15, 0.2) is 0 Å². The van der Waals surface area contributed by atoms with Crippen molar-refractivity contribution in [2.45, 2.75) is 6.92 Å². The monoisotopic (exact) mass is 376 g/mol. The van der Waals surface area contributed by atoms with Crippen molar-refractivity contribution in [3.8, 4) is 5.75 Å². The van der Waals surface area contributed by atoms with Crippen molar-refractivity contribution in [2.24, 2.45) is 7.05 Å². The number of aromatic hydroxyl groups is 1. The van der Waals surface area contributed by atoms with Crippen molar-refractivity contribution in [2.75, 3.05) is 27.2 Å². The molecule has 0 bridgehead atoms. The molecule has 0 atom stereocenters. The second-order valence-corrected chi connectivity index (χ2v) is 7.47. The van der Waals surface area contributed by atoms with Crippen LogP contribution in [0.2, 0.25) is 0 Å². The van der Waals surface area contributed by atoms with Gasteiger partial charge in [-0.1, -0.05) is 0 Å². The molecule has 0 aliphatic carbocycles. The van der Waals surface area contributed by atoms with Gasteiger partial charge in [0.1, 0.15) is 11.4 Å². The van der Waals surface area contributed by atoms with E-state index in [1.807, 2.05) is 44.2 Å². The maximum atomic E-state index is 12.8. The zero-order chi connectivity index (χ0) is 20.0. The molecule has 6 heteroatoms. The molecule has 6 nitrogen and oxygen atoms in total. The highest BCUT2D eigenvalue weighted by Gasteiger charge is 2.18. The highest BCUT2D eigenvalue weighted by atomic mass is 16.3. The smallest absolute Gasteiger partial charge is 0.270 e. The minimum absolute atomic E-state index is 0.172. The van der Waals surface area contributed by atoms with E-state index in [1.165, 1.54) is 0 Å². The second-order valence-electron chi connectivity index (χ2n) is 7.47. The van der Waals surface area contributed by atoms with E-state index >= 15 is 0 Å². The first-order chi connectivity index (χ1) is 13.4. The maximum Gasteiger partial charge on any atom is 0.270 e. The van der Waals surface area contributed by atoms with Gasteiger partial charge in [-0.05, 0) is 62.3 Å². The standard InChI is InChI=1S/C22H24N4O2/c1-13-15-7-8-23-20(22(28)24-9-10-25(2)3)17(15)12-18-16-11-14(27)5-6-19(16)26(4)21(13)18/h5-8,11-12,27H,9-10H2,1-4H3,(H,24,28). The van der Waals surface area contributed by atoms with Crippen LogP contribution in [0, 0.1) is 6.92 Å². The first-order valence-corrected chi connectivity index (χ1v) is 9.31. The van der Waals surface area contributed by atoms with Gasteiger partial charge < -0.3 is 19.9 Å². The number of hydrogen-bond donors (Lipinski definition) is 2. The molecule has 28 heavy (non-hydrogen) atoms. The van der Waals surface area contributed by atoms with E-state index < -0.39 is 0 Å². The van der Waals surface area contributed by atoms with Gasteiger partial charge in [-0.25, -0.2) is 0 Å². The summed E-state index contributed by atoms with van der Waals surface area (Å²) in [5, 5.41) is 16.7. The zero-order valence-corrected chi connectivity index (χ0v) is 16.6. The molecule has 144 valence electrons. The third kappa shape index (κ3) is 2.86. The Balaban J connectivity index is 1.94. The lowest BCUT2D eigenvalue weighted by atomic mass is 10.00. The van der Waals surface area contributed by atoms with E-state index in [4.69, 9.17) is 0 Å². The number of phenols is 1. The fourth-order valence-corrected chi connectivity index (χ4v) is 3.94. The normalized spacial score (nSPS) is 11.8. The van der Waals surface area contributed by atoms with Gasteiger partial charge in [-0.2, -0.15) is 0 Å². The summed E-state index contributed by atoms with van der Waals surface area (Å²) in [5.74, 6) is 0.0554. The van der Waals surface area contributed by atoms with Gasteiger partial charge in [0.05, 0.1) is 5.52 Å². The predicted octanol–water partition coefficient (Wildman–Crippen LogP) is 3.19. The topological polar surface area (TPSA) is 70.4 Å². The highest BCUT2D eigenvalue weighted by Crippen LogP contribution is 2.36. The van der Waals surface area contributed by atoms with Crippen LogP contribution in [0.25, 0.3) is 32.6 Å². The van der Waals surface area contributed by atoms with E-state index in [2.05, 4.69) is 21.8 Å².